The molecule has 0 aliphatic carbocycles. The van der Waals surface area contributed by atoms with Crippen molar-refractivity contribution in [3.8, 4) is 11.1 Å². The Bertz CT molecular complexity index is 1870. The molecule has 0 amide bonds. The standard InChI is InChI=1S/C41H35N/c1-29(2)34-15-11-32(12-16-34)9-10-33-13-17-36(18-14-33)37-19-22-39(23-20-37)42(41-26-30(3)25-31(4)27-41)40-24-21-35-7-5-6-8-38(35)28-40/h5-28H,1H2,2-4H3. The molecule has 0 N–H and O–H groups in total. The number of anilines is 3. The summed E-state index contributed by atoms with van der Waals surface area (Å²) in [5, 5.41) is 2.48. The number of hydrogen-bond donors (Lipinski definition) is 0. The van der Waals surface area contributed by atoms with Gasteiger partial charge in [0.25, 0.3) is 0 Å². The number of hydrogen-bond acceptors (Lipinski definition) is 1. The van der Waals surface area contributed by atoms with E-state index < -0.39 is 0 Å². The molecule has 0 saturated carbocycles. The summed E-state index contributed by atoms with van der Waals surface area (Å²) >= 11 is 0. The molecule has 0 aromatic heterocycles. The first-order valence-corrected chi connectivity index (χ1v) is 14.4. The molecule has 0 spiro atoms. The van der Waals surface area contributed by atoms with Crippen molar-refractivity contribution >= 4 is 45.6 Å². The van der Waals surface area contributed by atoms with Crippen molar-refractivity contribution in [2.24, 2.45) is 0 Å². The summed E-state index contributed by atoms with van der Waals surface area (Å²) in [5.41, 5.74) is 13.0. The van der Waals surface area contributed by atoms with Crippen molar-refractivity contribution in [2.45, 2.75) is 20.8 Å². The maximum absolute atomic E-state index is 4.02. The van der Waals surface area contributed by atoms with E-state index in [1.807, 2.05) is 6.92 Å². The van der Waals surface area contributed by atoms with E-state index in [9.17, 15) is 0 Å². The molecule has 204 valence electrons. The average molecular weight is 542 g/mol. The van der Waals surface area contributed by atoms with Gasteiger partial charge in [0.1, 0.15) is 0 Å². The van der Waals surface area contributed by atoms with Crippen LogP contribution in [-0.2, 0) is 0 Å². The van der Waals surface area contributed by atoms with Gasteiger partial charge in [0.2, 0.25) is 0 Å². The van der Waals surface area contributed by atoms with Gasteiger partial charge >= 0.3 is 0 Å². The third-order valence-electron chi connectivity index (χ3n) is 7.70. The summed E-state index contributed by atoms with van der Waals surface area (Å²) in [7, 11) is 0. The van der Waals surface area contributed by atoms with Gasteiger partial charge in [-0.3, -0.25) is 0 Å². The topological polar surface area (TPSA) is 3.24 Å². The number of fused-ring (bicyclic) bond motifs is 1. The minimum absolute atomic E-state index is 1.08. The Balaban J connectivity index is 1.27. The molecule has 0 aliphatic heterocycles. The molecule has 6 rings (SSSR count). The first kappa shape index (κ1) is 27.1. The highest BCUT2D eigenvalue weighted by atomic mass is 15.1. The molecular weight excluding hydrogens is 506 g/mol. The highest BCUT2D eigenvalue weighted by molar-refractivity contribution is 5.89. The van der Waals surface area contributed by atoms with E-state index in [2.05, 4.69) is 171 Å². The van der Waals surface area contributed by atoms with E-state index in [-0.39, 0.29) is 0 Å². The molecule has 1 heteroatoms. The highest BCUT2D eigenvalue weighted by Crippen LogP contribution is 2.38. The monoisotopic (exact) mass is 541 g/mol. The summed E-state index contributed by atoms with van der Waals surface area (Å²) in [6, 6.07) is 48.2. The second-order valence-electron chi connectivity index (χ2n) is 11.1. The smallest absolute Gasteiger partial charge is 0.0468 e. The molecule has 0 unspecified atom stereocenters. The molecule has 0 aliphatic rings. The first-order valence-electron chi connectivity index (χ1n) is 14.4. The average Bonchev–Trinajstić information content (AvgIpc) is 3.00. The zero-order valence-electron chi connectivity index (χ0n) is 24.5. The van der Waals surface area contributed by atoms with E-state index in [1.54, 1.807) is 0 Å². The SMILES string of the molecule is C=C(C)c1ccc(C=Cc2ccc(-c3ccc(N(c4cc(C)cc(C)c4)c4ccc5ccccc5c4)cc3)cc2)cc1. The molecule has 42 heavy (non-hydrogen) atoms. The fraction of sp³-hybridized carbons (Fsp3) is 0.0732. The lowest BCUT2D eigenvalue weighted by Crippen LogP contribution is -2.10. The lowest BCUT2D eigenvalue weighted by Gasteiger charge is -2.27. The first-order chi connectivity index (χ1) is 20.4. The van der Waals surface area contributed by atoms with Crippen LogP contribution in [0.4, 0.5) is 17.1 Å². The van der Waals surface area contributed by atoms with Crippen LogP contribution >= 0.6 is 0 Å². The van der Waals surface area contributed by atoms with Crippen LogP contribution in [0.15, 0.2) is 140 Å². The van der Waals surface area contributed by atoms with Crippen molar-refractivity contribution in [3.63, 3.8) is 0 Å². The van der Waals surface area contributed by atoms with E-state index in [0.717, 1.165) is 16.9 Å². The van der Waals surface area contributed by atoms with Gasteiger partial charge in [0.15, 0.2) is 0 Å². The van der Waals surface area contributed by atoms with Crippen molar-refractivity contribution in [3.05, 3.63) is 168 Å². The number of nitrogens with zero attached hydrogens (tertiary/aromatic N) is 1. The lowest BCUT2D eigenvalue weighted by atomic mass is 10.0. The van der Waals surface area contributed by atoms with Gasteiger partial charge in [-0.05, 0) is 107 Å². The zero-order chi connectivity index (χ0) is 29.1. The maximum atomic E-state index is 4.02. The van der Waals surface area contributed by atoms with Crippen LogP contribution in [0.5, 0.6) is 0 Å². The summed E-state index contributed by atoms with van der Waals surface area (Å²) in [6.45, 7) is 10.4. The van der Waals surface area contributed by atoms with Gasteiger partial charge in [-0.25, -0.2) is 0 Å². The predicted molar refractivity (Wildman–Crippen MR) is 184 cm³/mol. The van der Waals surface area contributed by atoms with Gasteiger partial charge in [0, 0.05) is 17.1 Å². The van der Waals surface area contributed by atoms with Crippen LogP contribution in [0, 0.1) is 13.8 Å². The third kappa shape index (κ3) is 5.96. The highest BCUT2D eigenvalue weighted by Gasteiger charge is 2.14. The van der Waals surface area contributed by atoms with Crippen molar-refractivity contribution < 1.29 is 0 Å². The second-order valence-corrected chi connectivity index (χ2v) is 11.1. The Morgan fingerprint density at radius 3 is 1.64 bits per heavy atom. The molecule has 0 heterocycles. The van der Waals surface area contributed by atoms with E-state index in [0.29, 0.717) is 0 Å². The van der Waals surface area contributed by atoms with Gasteiger partial charge < -0.3 is 4.90 Å². The summed E-state index contributed by atoms with van der Waals surface area (Å²) in [5.74, 6) is 0. The fourth-order valence-corrected chi connectivity index (χ4v) is 5.50. The van der Waals surface area contributed by atoms with Crippen molar-refractivity contribution in [1.29, 1.82) is 0 Å². The Kier molecular flexibility index (Phi) is 7.58. The molecule has 0 saturated heterocycles. The van der Waals surface area contributed by atoms with Gasteiger partial charge in [-0.15, -0.1) is 0 Å². The van der Waals surface area contributed by atoms with E-state index >= 15 is 0 Å². The Morgan fingerprint density at radius 2 is 1.05 bits per heavy atom. The van der Waals surface area contributed by atoms with E-state index in [4.69, 9.17) is 0 Å². The minimum atomic E-state index is 1.08. The molecule has 0 bridgehead atoms. The third-order valence-corrected chi connectivity index (χ3v) is 7.70. The molecule has 1 nitrogen and oxygen atoms in total. The lowest BCUT2D eigenvalue weighted by molar-refractivity contribution is 1.26. The minimum Gasteiger partial charge on any atom is -0.310 e. The van der Waals surface area contributed by atoms with Gasteiger partial charge in [-0.1, -0.05) is 121 Å². The quantitative estimate of drug-likeness (QED) is 0.182. The molecule has 6 aromatic carbocycles. The number of rotatable bonds is 7. The molecule has 6 aromatic rings. The van der Waals surface area contributed by atoms with Crippen molar-refractivity contribution in [1.82, 2.24) is 0 Å². The van der Waals surface area contributed by atoms with E-state index in [1.165, 1.54) is 55.4 Å². The molecule has 0 atom stereocenters. The normalized spacial score (nSPS) is 11.2. The Hall–Kier alpha value is -5.14. The summed E-state index contributed by atoms with van der Waals surface area (Å²) in [6.07, 6.45) is 4.31. The van der Waals surface area contributed by atoms with Crippen LogP contribution in [0.25, 0.3) is 39.6 Å². The largest absolute Gasteiger partial charge is 0.310 e. The Morgan fingerprint density at radius 1 is 0.524 bits per heavy atom. The number of allylic oxidation sites excluding steroid dienone is 1. The Labute approximate surface area is 249 Å². The molecular formula is C41H35N. The van der Waals surface area contributed by atoms with Crippen LogP contribution in [0.2, 0.25) is 0 Å². The fourth-order valence-electron chi connectivity index (χ4n) is 5.50. The zero-order valence-corrected chi connectivity index (χ0v) is 24.5. The number of benzene rings is 6. The van der Waals surface area contributed by atoms with Crippen LogP contribution in [0.3, 0.4) is 0 Å². The van der Waals surface area contributed by atoms with Crippen LogP contribution < -0.4 is 4.90 Å². The summed E-state index contributed by atoms with van der Waals surface area (Å²) in [4.78, 5) is 2.35. The van der Waals surface area contributed by atoms with Gasteiger partial charge in [0.05, 0.1) is 0 Å². The summed E-state index contributed by atoms with van der Waals surface area (Å²) < 4.78 is 0. The van der Waals surface area contributed by atoms with Crippen molar-refractivity contribution in [2.75, 3.05) is 4.90 Å². The molecule has 0 radical (unpaired) electrons. The molecule has 0 fully saturated rings. The van der Waals surface area contributed by atoms with Crippen LogP contribution in [0.1, 0.15) is 34.7 Å². The maximum Gasteiger partial charge on any atom is 0.0468 e. The number of aryl methyl sites for hydroxylation is 2. The van der Waals surface area contributed by atoms with Crippen LogP contribution in [-0.4, -0.2) is 0 Å². The van der Waals surface area contributed by atoms with Gasteiger partial charge in [-0.2, -0.15) is 0 Å². The second kappa shape index (κ2) is 11.8. The predicted octanol–water partition coefficient (Wildman–Crippen LogP) is 11.8.